The molecular formula is C55H51N4OPt-3. The molecule has 61 heavy (non-hydrogen) atoms. The summed E-state index contributed by atoms with van der Waals surface area (Å²) in [6.07, 6.45) is 4.17. The summed E-state index contributed by atoms with van der Waals surface area (Å²) in [6.45, 7) is 20.3. The number of allylic oxidation sites excluding steroid dienone is 1. The molecule has 1 aliphatic heterocycles. The second-order valence-electron chi connectivity index (χ2n) is 18.4. The van der Waals surface area contributed by atoms with Gasteiger partial charge < -0.3 is 19.1 Å². The average molecular weight is 979 g/mol. The molecule has 0 bridgehead atoms. The number of aromatic nitrogens is 2. The zero-order chi connectivity index (χ0) is 41.8. The van der Waals surface area contributed by atoms with Crippen molar-refractivity contribution in [3.8, 4) is 28.4 Å². The molecule has 6 heteroatoms. The first kappa shape index (κ1) is 41.8. The van der Waals surface area contributed by atoms with E-state index in [1.807, 2.05) is 24.4 Å². The number of hydrogen-bond donors (Lipinski definition) is 0. The van der Waals surface area contributed by atoms with E-state index in [1.165, 1.54) is 27.8 Å². The Balaban J connectivity index is 0.00000514. The molecule has 5 nitrogen and oxygen atoms in total. The van der Waals surface area contributed by atoms with E-state index < -0.39 is 0 Å². The fraction of sp³-hybridized carbons (Fsp3) is 0.200. The van der Waals surface area contributed by atoms with Crippen LogP contribution >= 0.6 is 0 Å². The molecule has 2 aromatic heterocycles. The van der Waals surface area contributed by atoms with Crippen LogP contribution < -0.4 is 14.5 Å². The van der Waals surface area contributed by atoms with Crippen molar-refractivity contribution in [3.05, 3.63) is 199 Å². The van der Waals surface area contributed by atoms with Crippen LogP contribution in [0.2, 0.25) is 0 Å². The summed E-state index contributed by atoms with van der Waals surface area (Å²) in [6, 6.07) is 58.5. The van der Waals surface area contributed by atoms with Crippen molar-refractivity contribution in [2.24, 2.45) is 0 Å². The molecule has 8 aromatic rings. The minimum Gasteiger partial charge on any atom is -0.509 e. The van der Waals surface area contributed by atoms with Gasteiger partial charge in [0, 0.05) is 61.1 Å². The standard InChI is InChI=1S/C55H51N4O.Pt/c1-53(2,3)41-28-29-56-52(33-41)59-49-25-16-15-24-47(49)48-27-26-46(35-50(48)59)60-45-23-17-22-43(34-45)58-37-57(36-51(58)55(7,8)40-20-13-10-14-21-40)44-31-39(38-18-11-9-12-19-38)30-42(32-44)54(4,5)6;/h9-33,36-37H,1-8H3;/q-3;. The van der Waals surface area contributed by atoms with E-state index in [2.05, 4.69) is 222 Å². The fourth-order valence-corrected chi connectivity index (χ4v) is 8.14. The second-order valence-corrected chi connectivity index (χ2v) is 18.4. The zero-order valence-corrected chi connectivity index (χ0v) is 38.4. The third-order valence-corrected chi connectivity index (χ3v) is 11.7. The quantitative estimate of drug-likeness (QED) is 0.142. The summed E-state index contributed by atoms with van der Waals surface area (Å²) in [5.41, 5.74) is 10.7. The van der Waals surface area contributed by atoms with Crippen molar-refractivity contribution in [2.75, 3.05) is 9.80 Å². The monoisotopic (exact) mass is 978 g/mol. The number of hydrogen-bond acceptors (Lipinski definition) is 4. The van der Waals surface area contributed by atoms with Gasteiger partial charge in [-0.1, -0.05) is 146 Å². The molecule has 3 heterocycles. The summed E-state index contributed by atoms with van der Waals surface area (Å²) >= 11 is 0. The predicted molar refractivity (Wildman–Crippen MR) is 249 cm³/mol. The van der Waals surface area contributed by atoms with Crippen molar-refractivity contribution < 1.29 is 25.8 Å². The topological polar surface area (TPSA) is 33.5 Å². The van der Waals surface area contributed by atoms with Gasteiger partial charge in [-0.25, -0.2) is 4.98 Å². The van der Waals surface area contributed by atoms with Crippen molar-refractivity contribution in [1.29, 1.82) is 0 Å². The SMILES string of the molecule is CC(C)(C)c1cc(-c2ccccc2)cc(N2C=C(C(C)(C)c3ccccc3)N(c3[c-]c(Oc4[c-]c5c(cc4)c4ccccc4n5-c4cc(C(C)(C)C)ccn4)ccc3)[CH-]2)c1.[Pt]. The Hall–Kier alpha value is -5.90. The summed E-state index contributed by atoms with van der Waals surface area (Å²) < 4.78 is 8.86. The number of pyridine rings is 1. The van der Waals surface area contributed by atoms with Crippen molar-refractivity contribution in [1.82, 2.24) is 9.55 Å². The van der Waals surface area contributed by atoms with Crippen LogP contribution in [0.4, 0.5) is 11.4 Å². The maximum Gasteiger partial charge on any atom is 0.135 e. The van der Waals surface area contributed by atoms with Crippen LogP contribution in [-0.4, -0.2) is 9.55 Å². The van der Waals surface area contributed by atoms with E-state index in [0.717, 1.165) is 44.7 Å². The molecule has 0 saturated heterocycles. The minimum absolute atomic E-state index is 0. The van der Waals surface area contributed by atoms with Crippen LogP contribution in [0.1, 0.15) is 72.1 Å². The van der Waals surface area contributed by atoms with E-state index in [1.54, 1.807) is 0 Å². The van der Waals surface area contributed by atoms with Crippen LogP contribution in [0.5, 0.6) is 11.5 Å². The Kier molecular flexibility index (Phi) is 11.1. The van der Waals surface area contributed by atoms with Gasteiger partial charge in [-0.05, 0) is 80.6 Å². The van der Waals surface area contributed by atoms with Crippen LogP contribution in [0.25, 0.3) is 38.8 Å². The molecule has 0 N–H and O–H groups in total. The molecule has 0 fully saturated rings. The van der Waals surface area contributed by atoms with Gasteiger partial charge in [0.1, 0.15) is 5.82 Å². The Morgan fingerprint density at radius 1 is 0.574 bits per heavy atom. The molecule has 0 amide bonds. The maximum absolute atomic E-state index is 6.67. The van der Waals surface area contributed by atoms with Gasteiger partial charge in [-0.2, -0.15) is 12.1 Å². The van der Waals surface area contributed by atoms with Gasteiger partial charge in [0.05, 0.1) is 0 Å². The predicted octanol–water partition coefficient (Wildman–Crippen LogP) is 14.1. The molecule has 0 aliphatic carbocycles. The summed E-state index contributed by atoms with van der Waals surface area (Å²) in [5, 5.41) is 2.24. The number of fused-ring (bicyclic) bond motifs is 3. The molecule has 0 spiro atoms. The molecule has 0 saturated carbocycles. The maximum atomic E-state index is 6.67. The largest absolute Gasteiger partial charge is 0.509 e. The first-order valence-corrected chi connectivity index (χ1v) is 20.8. The number of anilines is 2. The Labute approximate surface area is 375 Å². The molecule has 0 unspecified atom stereocenters. The summed E-state index contributed by atoms with van der Waals surface area (Å²) in [5.74, 6) is 2.06. The van der Waals surface area contributed by atoms with Crippen molar-refractivity contribution in [2.45, 2.75) is 71.6 Å². The Bertz CT molecular complexity index is 2880. The van der Waals surface area contributed by atoms with Crippen molar-refractivity contribution in [3.63, 3.8) is 0 Å². The van der Waals surface area contributed by atoms with Gasteiger partial charge in [0.25, 0.3) is 0 Å². The summed E-state index contributed by atoms with van der Waals surface area (Å²) in [4.78, 5) is 9.37. The first-order chi connectivity index (χ1) is 28.7. The Morgan fingerprint density at radius 2 is 1.26 bits per heavy atom. The first-order valence-electron chi connectivity index (χ1n) is 20.8. The second kappa shape index (κ2) is 16.2. The normalized spacial score (nSPS) is 13.4. The van der Waals surface area contributed by atoms with Gasteiger partial charge in [-0.15, -0.1) is 48.1 Å². The minimum atomic E-state index is -0.355. The number of ether oxygens (including phenoxy) is 1. The van der Waals surface area contributed by atoms with Crippen LogP contribution in [-0.2, 0) is 37.3 Å². The van der Waals surface area contributed by atoms with Crippen LogP contribution in [0, 0.1) is 18.8 Å². The molecule has 1 aliphatic rings. The molecular weight excluding hydrogens is 928 g/mol. The van der Waals surface area contributed by atoms with Crippen LogP contribution in [0.15, 0.2) is 164 Å². The molecule has 0 radical (unpaired) electrons. The van der Waals surface area contributed by atoms with E-state index in [-0.39, 0.29) is 37.3 Å². The smallest absolute Gasteiger partial charge is 0.135 e. The number of benzene rings is 6. The number of para-hydroxylation sites is 1. The molecule has 0 atom stereocenters. The van der Waals surface area contributed by atoms with E-state index in [4.69, 9.17) is 9.72 Å². The third-order valence-electron chi connectivity index (χ3n) is 11.7. The number of nitrogens with zero attached hydrogens (tertiary/aromatic N) is 4. The fourth-order valence-electron chi connectivity index (χ4n) is 8.14. The average Bonchev–Trinajstić information content (AvgIpc) is 3.85. The van der Waals surface area contributed by atoms with Gasteiger partial charge in [0.15, 0.2) is 0 Å². The van der Waals surface area contributed by atoms with Crippen LogP contribution in [0.3, 0.4) is 0 Å². The van der Waals surface area contributed by atoms with Gasteiger partial charge in [-0.3, -0.25) is 0 Å². The van der Waals surface area contributed by atoms with E-state index in [0.29, 0.717) is 11.5 Å². The van der Waals surface area contributed by atoms with Gasteiger partial charge >= 0.3 is 0 Å². The molecule has 310 valence electrons. The molecule has 6 aromatic carbocycles. The Morgan fingerprint density at radius 3 is 2.00 bits per heavy atom. The zero-order valence-electron chi connectivity index (χ0n) is 36.1. The van der Waals surface area contributed by atoms with E-state index >= 15 is 0 Å². The van der Waals surface area contributed by atoms with E-state index in [9.17, 15) is 0 Å². The van der Waals surface area contributed by atoms with Gasteiger partial charge in [0.2, 0.25) is 0 Å². The molecule has 9 rings (SSSR count). The summed E-state index contributed by atoms with van der Waals surface area (Å²) in [7, 11) is 0. The number of rotatable bonds is 8. The van der Waals surface area contributed by atoms with Crippen molar-refractivity contribution >= 4 is 33.2 Å². The third kappa shape index (κ3) is 8.17.